The summed E-state index contributed by atoms with van der Waals surface area (Å²) in [6.07, 6.45) is 1.69. The first-order chi connectivity index (χ1) is 13.1. The van der Waals surface area contributed by atoms with Crippen LogP contribution < -0.4 is 4.80 Å². The van der Waals surface area contributed by atoms with Crippen molar-refractivity contribution in [1.82, 2.24) is 4.57 Å². The molecule has 3 aromatic carbocycles. The predicted octanol–water partition coefficient (Wildman–Crippen LogP) is 5.06. The van der Waals surface area contributed by atoms with Gasteiger partial charge in [-0.25, -0.2) is 8.78 Å². The van der Waals surface area contributed by atoms with Crippen LogP contribution in [0.4, 0.5) is 8.78 Å². The number of allylic oxidation sites excluding steroid dienone is 1. The lowest BCUT2D eigenvalue weighted by atomic mass is 10.1. The Morgan fingerprint density at radius 2 is 1.81 bits per heavy atom. The zero-order chi connectivity index (χ0) is 19.0. The van der Waals surface area contributed by atoms with Crippen molar-refractivity contribution in [1.29, 1.82) is 0 Å². The van der Waals surface area contributed by atoms with Gasteiger partial charge in [0.15, 0.2) is 4.80 Å². The van der Waals surface area contributed by atoms with Crippen LogP contribution in [-0.4, -0.2) is 10.5 Å². The lowest BCUT2D eigenvalue weighted by molar-refractivity contribution is 0.0990. The molecule has 0 saturated carbocycles. The summed E-state index contributed by atoms with van der Waals surface area (Å²) in [7, 11) is 0. The molecule has 3 nitrogen and oxygen atoms in total. The van der Waals surface area contributed by atoms with Gasteiger partial charge in [0.05, 0.1) is 10.2 Å². The number of hydrogen-bond acceptors (Lipinski definition) is 2. The van der Waals surface area contributed by atoms with E-state index >= 15 is 0 Å². The summed E-state index contributed by atoms with van der Waals surface area (Å²) in [5, 5.41) is 2.10. The van der Waals surface area contributed by atoms with Crippen LogP contribution in [0.2, 0.25) is 0 Å². The fourth-order valence-corrected chi connectivity index (χ4v) is 4.21. The van der Waals surface area contributed by atoms with E-state index in [1.807, 2.05) is 41.0 Å². The van der Waals surface area contributed by atoms with Gasteiger partial charge >= 0.3 is 0 Å². The van der Waals surface area contributed by atoms with Gasteiger partial charge in [-0.3, -0.25) is 4.79 Å². The third-order valence-electron chi connectivity index (χ3n) is 4.26. The second kappa shape index (κ2) is 6.89. The van der Waals surface area contributed by atoms with Gasteiger partial charge in [-0.15, -0.1) is 6.58 Å². The normalized spacial score (nSPS) is 12.0. The van der Waals surface area contributed by atoms with Crippen LogP contribution in [-0.2, 0) is 6.54 Å². The minimum absolute atomic E-state index is 0.369. The molecule has 0 aliphatic rings. The molecule has 0 spiro atoms. The van der Waals surface area contributed by atoms with Gasteiger partial charge in [0.1, 0.15) is 17.2 Å². The molecule has 0 fully saturated rings. The highest BCUT2D eigenvalue weighted by molar-refractivity contribution is 7.17. The van der Waals surface area contributed by atoms with Crippen LogP contribution >= 0.6 is 11.3 Å². The number of hydrogen-bond donors (Lipinski definition) is 0. The summed E-state index contributed by atoms with van der Waals surface area (Å²) in [4.78, 5) is 16.9. The van der Waals surface area contributed by atoms with E-state index < -0.39 is 23.1 Å². The second-order valence-electron chi connectivity index (χ2n) is 5.93. The Balaban J connectivity index is 1.99. The van der Waals surface area contributed by atoms with Crippen molar-refractivity contribution in [3.63, 3.8) is 0 Å². The third kappa shape index (κ3) is 2.98. The summed E-state index contributed by atoms with van der Waals surface area (Å²) in [5.74, 6) is -2.80. The van der Waals surface area contributed by atoms with Crippen molar-refractivity contribution in [2.75, 3.05) is 0 Å². The van der Waals surface area contributed by atoms with Gasteiger partial charge in [-0.2, -0.15) is 4.99 Å². The summed E-state index contributed by atoms with van der Waals surface area (Å²) in [6, 6.07) is 15.1. The maximum atomic E-state index is 13.9. The number of rotatable bonds is 3. The van der Waals surface area contributed by atoms with E-state index in [0.717, 1.165) is 33.1 Å². The van der Waals surface area contributed by atoms with Crippen molar-refractivity contribution in [2.45, 2.75) is 6.54 Å². The highest BCUT2D eigenvalue weighted by Gasteiger charge is 2.17. The van der Waals surface area contributed by atoms with Crippen molar-refractivity contribution >= 4 is 38.2 Å². The summed E-state index contributed by atoms with van der Waals surface area (Å²) in [5.41, 5.74) is 0.240. The van der Waals surface area contributed by atoms with E-state index in [4.69, 9.17) is 0 Å². The van der Waals surface area contributed by atoms with Gasteiger partial charge in [0.2, 0.25) is 0 Å². The minimum atomic E-state index is -0.945. The highest BCUT2D eigenvalue weighted by Crippen LogP contribution is 2.27. The van der Waals surface area contributed by atoms with E-state index in [1.165, 1.54) is 17.4 Å². The molecule has 0 radical (unpaired) electrons. The van der Waals surface area contributed by atoms with E-state index in [9.17, 15) is 13.6 Å². The topological polar surface area (TPSA) is 34.4 Å². The first-order valence-corrected chi connectivity index (χ1v) is 9.07. The standard InChI is InChI=1S/C21H14F2N2OS/c1-2-12-25-17-11-10-13-6-3-4-7-14(13)19(17)27-21(25)24-20(26)18-15(22)8-5-9-16(18)23/h2-11H,1,12H2. The van der Waals surface area contributed by atoms with Gasteiger partial charge in [0.25, 0.3) is 5.91 Å². The molecule has 0 saturated heterocycles. The Morgan fingerprint density at radius 3 is 2.56 bits per heavy atom. The van der Waals surface area contributed by atoms with Crippen molar-refractivity contribution in [2.24, 2.45) is 4.99 Å². The van der Waals surface area contributed by atoms with Gasteiger partial charge in [-0.1, -0.05) is 53.8 Å². The van der Waals surface area contributed by atoms with Crippen molar-refractivity contribution in [3.05, 3.63) is 89.3 Å². The van der Waals surface area contributed by atoms with E-state index in [2.05, 4.69) is 11.6 Å². The number of nitrogens with zero attached hydrogens (tertiary/aromatic N) is 2. The van der Waals surface area contributed by atoms with Crippen molar-refractivity contribution < 1.29 is 13.6 Å². The molecular formula is C21H14F2N2OS. The first-order valence-electron chi connectivity index (χ1n) is 8.25. The number of aromatic nitrogens is 1. The lowest BCUT2D eigenvalue weighted by Gasteiger charge is -2.03. The minimum Gasteiger partial charge on any atom is -0.312 e. The molecule has 0 bridgehead atoms. The van der Waals surface area contributed by atoms with Gasteiger partial charge in [-0.05, 0) is 23.6 Å². The largest absolute Gasteiger partial charge is 0.312 e. The zero-order valence-corrected chi connectivity index (χ0v) is 15.0. The zero-order valence-electron chi connectivity index (χ0n) is 14.2. The monoisotopic (exact) mass is 380 g/mol. The molecule has 0 unspecified atom stereocenters. The second-order valence-corrected chi connectivity index (χ2v) is 6.91. The Bertz CT molecular complexity index is 1250. The number of carbonyl (C=O) groups is 1. The number of thiazole rings is 1. The predicted molar refractivity (Wildman–Crippen MR) is 104 cm³/mol. The smallest absolute Gasteiger partial charge is 0.285 e. The molecule has 6 heteroatoms. The van der Waals surface area contributed by atoms with Crippen LogP contribution in [0.25, 0.3) is 21.0 Å². The number of carbonyl (C=O) groups excluding carboxylic acids is 1. The van der Waals surface area contributed by atoms with E-state index in [1.54, 1.807) is 6.08 Å². The Hall–Kier alpha value is -3.12. The SMILES string of the molecule is C=CCn1c(=NC(=O)c2c(F)cccc2F)sc2c3ccccc3ccc21. The Morgan fingerprint density at radius 1 is 1.07 bits per heavy atom. The van der Waals surface area contributed by atoms with Crippen LogP contribution in [0.1, 0.15) is 10.4 Å². The molecule has 1 heterocycles. The average molecular weight is 380 g/mol. The maximum Gasteiger partial charge on any atom is 0.285 e. The summed E-state index contributed by atoms with van der Waals surface area (Å²) >= 11 is 1.31. The number of benzene rings is 3. The molecule has 4 rings (SSSR count). The fraction of sp³-hybridized carbons (Fsp3) is 0.0476. The van der Waals surface area contributed by atoms with Crippen LogP contribution in [0.15, 0.2) is 72.2 Å². The van der Waals surface area contributed by atoms with Gasteiger partial charge in [0, 0.05) is 11.9 Å². The van der Waals surface area contributed by atoms with Crippen LogP contribution in [0, 0.1) is 11.6 Å². The number of amides is 1. The van der Waals surface area contributed by atoms with Gasteiger partial charge < -0.3 is 4.57 Å². The molecule has 0 aliphatic heterocycles. The molecule has 0 aliphatic carbocycles. The molecule has 27 heavy (non-hydrogen) atoms. The molecular weight excluding hydrogens is 366 g/mol. The fourth-order valence-electron chi connectivity index (χ4n) is 3.03. The molecule has 134 valence electrons. The third-order valence-corrected chi connectivity index (χ3v) is 5.39. The summed E-state index contributed by atoms with van der Waals surface area (Å²) in [6.45, 7) is 4.17. The molecule has 1 amide bonds. The first kappa shape index (κ1) is 17.3. The molecule has 4 aromatic rings. The Labute approximate surface area is 157 Å². The van der Waals surface area contributed by atoms with Crippen LogP contribution in [0.3, 0.4) is 0 Å². The summed E-state index contributed by atoms with van der Waals surface area (Å²) < 4.78 is 30.6. The number of fused-ring (bicyclic) bond motifs is 3. The van der Waals surface area contributed by atoms with E-state index in [-0.39, 0.29) is 0 Å². The van der Waals surface area contributed by atoms with Crippen molar-refractivity contribution in [3.8, 4) is 0 Å². The number of halogens is 2. The lowest BCUT2D eigenvalue weighted by Crippen LogP contribution is -2.17. The van der Waals surface area contributed by atoms with Crippen LogP contribution in [0.5, 0.6) is 0 Å². The quantitative estimate of drug-likeness (QED) is 0.458. The molecule has 0 atom stereocenters. The molecule has 0 N–H and O–H groups in total. The average Bonchev–Trinajstić information content (AvgIpc) is 3.00. The Kier molecular flexibility index (Phi) is 4.41. The van der Waals surface area contributed by atoms with E-state index in [0.29, 0.717) is 11.3 Å². The highest BCUT2D eigenvalue weighted by atomic mass is 32.1. The maximum absolute atomic E-state index is 13.9. The molecule has 1 aromatic heterocycles.